The number of ketones is 1. The number of carbonyl (C=O) groups is 2. The molecule has 3 rings (SSSR count). The minimum atomic E-state index is -0.493. The molecular formula is C20H21N3O4. The van der Waals surface area contributed by atoms with E-state index in [1.54, 1.807) is 61.5 Å². The number of amides is 1. The summed E-state index contributed by atoms with van der Waals surface area (Å²) in [6.45, 7) is 0.567. The Bertz CT molecular complexity index is 880. The minimum absolute atomic E-state index is 0.0776. The fourth-order valence-corrected chi connectivity index (χ4v) is 3.42. The molecule has 1 amide bonds. The molecule has 1 aliphatic rings. The van der Waals surface area contributed by atoms with Gasteiger partial charge in [0.2, 0.25) is 5.91 Å². The molecular weight excluding hydrogens is 346 g/mol. The maximum absolute atomic E-state index is 12.6. The van der Waals surface area contributed by atoms with Crippen LogP contribution in [0.2, 0.25) is 0 Å². The first-order valence-electron chi connectivity index (χ1n) is 8.76. The van der Waals surface area contributed by atoms with Crippen LogP contribution in [0.4, 0.5) is 11.4 Å². The lowest BCUT2D eigenvalue weighted by Gasteiger charge is -2.27. The summed E-state index contributed by atoms with van der Waals surface area (Å²) >= 11 is 0. The minimum Gasteiger partial charge on any atom is -0.354 e. The summed E-state index contributed by atoms with van der Waals surface area (Å²) in [5.41, 5.74) is 0.949. The summed E-state index contributed by atoms with van der Waals surface area (Å²) in [7, 11) is 3.35. The quantitative estimate of drug-likeness (QED) is 0.461. The van der Waals surface area contributed by atoms with E-state index in [4.69, 9.17) is 0 Å². The highest BCUT2D eigenvalue weighted by Crippen LogP contribution is 2.35. The van der Waals surface area contributed by atoms with Crippen LogP contribution < -0.4 is 4.90 Å². The maximum Gasteiger partial charge on any atom is 0.293 e. The molecule has 0 unspecified atom stereocenters. The predicted octanol–water partition coefficient (Wildman–Crippen LogP) is 2.88. The fraction of sp³-hybridized carbons (Fsp3) is 0.300. The van der Waals surface area contributed by atoms with Gasteiger partial charge in [-0.25, -0.2) is 0 Å². The molecule has 27 heavy (non-hydrogen) atoms. The first kappa shape index (κ1) is 18.6. The Hall–Kier alpha value is -3.22. The van der Waals surface area contributed by atoms with Gasteiger partial charge in [0.05, 0.1) is 4.92 Å². The van der Waals surface area contributed by atoms with Crippen molar-refractivity contribution in [2.45, 2.75) is 18.9 Å². The van der Waals surface area contributed by atoms with Crippen LogP contribution in [-0.2, 0) is 4.79 Å². The zero-order valence-corrected chi connectivity index (χ0v) is 15.3. The summed E-state index contributed by atoms with van der Waals surface area (Å²) in [6.07, 6.45) is 1.44. The molecule has 0 radical (unpaired) electrons. The maximum atomic E-state index is 12.6. The predicted molar refractivity (Wildman–Crippen MR) is 102 cm³/mol. The van der Waals surface area contributed by atoms with Crippen molar-refractivity contribution in [3.05, 3.63) is 69.8 Å². The summed E-state index contributed by atoms with van der Waals surface area (Å²) in [4.78, 5) is 39.5. The molecule has 1 fully saturated rings. The number of hydrogen-bond acceptors (Lipinski definition) is 5. The Kier molecular flexibility index (Phi) is 5.21. The van der Waals surface area contributed by atoms with E-state index in [9.17, 15) is 19.7 Å². The van der Waals surface area contributed by atoms with Gasteiger partial charge in [0.15, 0.2) is 5.78 Å². The molecule has 0 aromatic heterocycles. The lowest BCUT2D eigenvalue weighted by atomic mass is 10.0. The second-order valence-corrected chi connectivity index (χ2v) is 6.74. The number of nitrogens with zero attached hydrogens (tertiary/aromatic N) is 3. The molecule has 1 heterocycles. The molecule has 2 aromatic carbocycles. The SMILES string of the molecule is CN(C)C(=O)[C@H]1CCCN1c1ccc(C(=O)c2ccccc2)cc1[N+](=O)[O-]. The summed E-state index contributed by atoms with van der Waals surface area (Å²) in [5.74, 6) is -0.348. The second-order valence-electron chi connectivity index (χ2n) is 6.74. The molecule has 1 atom stereocenters. The monoisotopic (exact) mass is 367 g/mol. The van der Waals surface area contributed by atoms with Gasteiger partial charge in [0.25, 0.3) is 5.69 Å². The van der Waals surface area contributed by atoms with Gasteiger partial charge in [0.1, 0.15) is 11.7 Å². The van der Waals surface area contributed by atoms with Crippen LogP contribution >= 0.6 is 0 Å². The topological polar surface area (TPSA) is 83.8 Å². The summed E-state index contributed by atoms with van der Waals surface area (Å²) in [6, 6.07) is 12.7. The third-order valence-corrected chi connectivity index (χ3v) is 4.76. The molecule has 0 bridgehead atoms. The lowest BCUT2D eigenvalue weighted by Crippen LogP contribution is -2.43. The van der Waals surface area contributed by atoms with Crippen molar-refractivity contribution in [3.8, 4) is 0 Å². The zero-order valence-electron chi connectivity index (χ0n) is 15.3. The van der Waals surface area contributed by atoms with Gasteiger partial charge >= 0.3 is 0 Å². The van der Waals surface area contributed by atoms with Gasteiger partial charge in [0, 0.05) is 37.8 Å². The average Bonchev–Trinajstić information content (AvgIpc) is 3.16. The van der Waals surface area contributed by atoms with Crippen molar-refractivity contribution in [2.24, 2.45) is 0 Å². The normalized spacial score (nSPS) is 16.2. The van der Waals surface area contributed by atoms with Crippen molar-refractivity contribution in [1.82, 2.24) is 4.90 Å². The number of nitro benzene ring substituents is 1. The number of anilines is 1. The highest BCUT2D eigenvalue weighted by molar-refractivity contribution is 6.09. The van der Waals surface area contributed by atoms with Crippen LogP contribution in [0.3, 0.4) is 0 Å². The number of likely N-dealkylation sites (N-methyl/N-ethyl adjacent to an activating group) is 1. The standard InChI is InChI=1S/C20H21N3O4/c1-21(2)20(25)17-9-6-12-22(17)16-11-10-15(13-18(16)23(26)27)19(24)14-7-4-3-5-8-14/h3-5,7-8,10-11,13,17H,6,9,12H2,1-2H3/t17-/m1/s1. The average molecular weight is 367 g/mol. The summed E-state index contributed by atoms with van der Waals surface area (Å²) < 4.78 is 0. The van der Waals surface area contributed by atoms with Gasteiger partial charge in [-0.15, -0.1) is 0 Å². The smallest absolute Gasteiger partial charge is 0.293 e. The zero-order chi connectivity index (χ0) is 19.6. The highest BCUT2D eigenvalue weighted by Gasteiger charge is 2.35. The Morgan fingerprint density at radius 2 is 1.81 bits per heavy atom. The van der Waals surface area contributed by atoms with Crippen LogP contribution in [0.25, 0.3) is 0 Å². The molecule has 0 saturated carbocycles. The molecule has 7 nitrogen and oxygen atoms in total. The number of benzene rings is 2. The van der Waals surface area contributed by atoms with Crippen molar-refractivity contribution in [3.63, 3.8) is 0 Å². The van der Waals surface area contributed by atoms with E-state index in [0.29, 0.717) is 24.2 Å². The number of carbonyl (C=O) groups excluding carboxylic acids is 2. The van der Waals surface area contributed by atoms with Crippen LogP contribution in [0.5, 0.6) is 0 Å². The van der Waals surface area contributed by atoms with Gasteiger partial charge in [-0.05, 0) is 25.0 Å². The van der Waals surface area contributed by atoms with Gasteiger partial charge in [-0.3, -0.25) is 19.7 Å². The van der Waals surface area contributed by atoms with Crippen molar-refractivity contribution in [1.29, 1.82) is 0 Å². The Balaban J connectivity index is 1.99. The molecule has 1 aliphatic heterocycles. The van der Waals surface area contributed by atoms with Crippen molar-refractivity contribution < 1.29 is 14.5 Å². The molecule has 2 aromatic rings. The van der Waals surface area contributed by atoms with E-state index in [-0.39, 0.29) is 22.9 Å². The van der Waals surface area contributed by atoms with E-state index in [1.165, 1.54) is 11.0 Å². The van der Waals surface area contributed by atoms with Crippen LogP contribution in [0.1, 0.15) is 28.8 Å². The first-order valence-corrected chi connectivity index (χ1v) is 8.76. The van der Waals surface area contributed by atoms with Crippen LogP contribution in [0.15, 0.2) is 48.5 Å². The van der Waals surface area contributed by atoms with E-state index in [0.717, 1.165) is 6.42 Å². The Morgan fingerprint density at radius 3 is 2.44 bits per heavy atom. The molecule has 0 spiro atoms. The van der Waals surface area contributed by atoms with E-state index in [1.807, 2.05) is 0 Å². The van der Waals surface area contributed by atoms with Crippen LogP contribution in [0, 0.1) is 10.1 Å². The molecule has 0 aliphatic carbocycles. The van der Waals surface area contributed by atoms with Gasteiger partial charge in [-0.1, -0.05) is 30.3 Å². The Morgan fingerprint density at radius 1 is 1.11 bits per heavy atom. The van der Waals surface area contributed by atoms with E-state index < -0.39 is 11.0 Å². The first-order chi connectivity index (χ1) is 12.9. The fourth-order valence-electron chi connectivity index (χ4n) is 3.42. The lowest BCUT2D eigenvalue weighted by molar-refractivity contribution is -0.384. The van der Waals surface area contributed by atoms with E-state index >= 15 is 0 Å². The number of rotatable bonds is 5. The molecule has 7 heteroatoms. The second kappa shape index (κ2) is 7.57. The van der Waals surface area contributed by atoms with Crippen molar-refractivity contribution >= 4 is 23.1 Å². The molecule has 1 saturated heterocycles. The van der Waals surface area contributed by atoms with Crippen LogP contribution in [-0.4, -0.2) is 48.2 Å². The number of nitro groups is 1. The third kappa shape index (κ3) is 3.67. The molecule has 140 valence electrons. The largest absolute Gasteiger partial charge is 0.354 e. The highest BCUT2D eigenvalue weighted by atomic mass is 16.6. The number of hydrogen-bond donors (Lipinski definition) is 0. The van der Waals surface area contributed by atoms with Gasteiger partial charge in [-0.2, -0.15) is 0 Å². The van der Waals surface area contributed by atoms with Crippen molar-refractivity contribution in [2.75, 3.05) is 25.5 Å². The van der Waals surface area contributed by atoms with Gasteiger partial charge < -0.3 is 9.80 Å². The summed E-state index contributed by atoms with van der Waals surface area (Å²) in [5, 5.41) is 11.7. The van der Waals surface area contributed by atoms with E-state index in [2.05, 4.69) is 0 Å². The third-order valence-electron chi connectivity index (χ3n) is 4.76. The molecule has 0 N–H and O–H groups in total. The Labute approximate surface area is 157 Å².